The Balaban J connectivity index is 2.17. The minimum Gasteiger partial charge on any atom is -0.490 e. The quantitative estimate of drug-likeness (QED) is 0.787. The first-order chi connectivity index (χ1) is 7.68. The summed E-state index contributed by atoms with van der Waals surface area (Å²) in [5, 5.41) is 0. The molecule has 2 rings (SSSR count). The molecule has 1 aromatic rings. The number of Topliss-reactive ketones (excluding diaryl/α,β-unsaturated/α-hetero) is 1. The Labute approximate surface area is 91.5 Å². The van der Waals surface area contributed by atoms with Crippen LogP contribution in [0.2, 0.25) is 0 Å². The van der Waals surface area contributed by atoms with Gasteiger partial charge in [-0.25, -0.2) is 8.78 Å². The highest BCUT2D eigenvalue weighted by Crippen LogP contribution is 2.17. The Morgan fingerprint density at radius 2 is 2.00 bits per heavy atom. The zero-order valence-electron chi connectivity index (χ0n) is 8.50. The number of ether oxygens (including phenoxy) is 1. The van der Waals surface area contributed by atoms with Crippen LogP contribution in [0.1, 0.15) is 12.0 Å². The van der Waals surface area contributed by atoms with Crippen molar-refractivity contribution in [1.29, 1.82) is 0 Å². The molecule has 1 aromatic carbocycles. The van der Waals surface area contributed by atoms with E-state index in [0.717, 1.165) is 12.1 Å². The Kier molecular flexibility index (Phi) is 2.99. The lowest BCUT2D eigenvalue weighted by Gasteiger charge is -2.05. The summed E-state index contributed by atoms with van der Waals surface area (Å²) in [5.41, 5.74) is -0.205. The normalized spacial score (nSPS) is 14.5. The summed E-state index contributed by atoms with van der Waals surface area (Å²) in [6, 6.07) is 3.54. The smallest absolute Gasteiger partial charge is 0.201 e. The third-order valence-corrected chi connectivity index (χ3v) is 2.38. The summed E-state index contributed by atoms with van der Waals surface area (Å²) in [7, 11) is 0. The largest absolute Gasteiger partial charge is 0.490 e. The van der Waals surface area contributed by atoms with Gasteiger partial charge in [0.15, 0.2) is 5.76 Å². The fraction of sp³-hybridized carbons (Fsp3) is 0.250. The maximum atomic E-state index is 13.2. The second-order valence-corrected chi connectivity index (χ2v) is 3.51. The lowest BCUT2D eigenvalue weighted by atomic mass is 10.1. The van der Waals surface area contributed by atoms with Gasteiger partial charge in [0.25, 0.3) is 0 Å². The molecule has 0 radical (unpaired) electrons. The number of rotatable bonds is 3. The predicted molar refractivity (Wildman–Crippen MR) is 53.7 cm³/mol. The van der Waals surface area contributed by atoms with Crippen LogP contribution in [0, 0.1) is 11.6 Å². The van der Waals surface area contributed by atoms with Crippen LogP contribution in [0.4, 0.5) is 8.78 Å². The van der Waals surface area contributed by atoms with Crippen molar-refractivity contribution in [2.24, 2.45) is 0 Å². The molecule has 2 nitrogen and oxygen atoms in total. The molecule has 0 N–H and O–H groups in total. The molecule has 84 valence electrons. The van der Waals surface area contributed by atoms with Gasteiger partial charge >= 0.3 is 0 Å². The highest BCUT2D eigenvalue weighted by atomic mass is 19.1. The molecule has 0 saturated carbocycles. The zero-order chi connectivity index (χ0) is 11.5. The van der Waals surface area contributed by atoms with Gasteiger partial charge in [-0.2, -0.15) is 0 Å². The Hall–Kier alpha value is -1.71. The minimum absolute atomic E-state index is 0.205. The van der Waals surface area contributed by atoms with Gasteiger partial charge in [-0.15, -0.1) is 0 Å². The average Bonchev–Trinajstić information content (AvgIpc) is 2.76. The van der Waals surface area contributed by atoms with Crippen molar-refractivity contribution < 1.29 is 18.3 Å². The fourth-order valence-electron chi connectivity index (χ4n) is 1.56. The van der Waals surface area contributed by atoms with E-state index in [0.29, 0.717) is 13.0 Å². The molecule has 0 spiro atoms. The van der Waals surface area contributed by atoms with E-state index in [1.807, 2.05) is 0 Å². The first kappa shape index (κ1) is 10.8. The molecular formula is C12H10F2O2. The molecule has 0 bridgehead atoms. The molecule has 4 heteroatoms. The third-order valence-electron chi connectivity index (χ3n) is 2.38. The van der Waals surface area contributed by atoms with E-state index in [1.54, 1.807) is 6.08 Å². The number of carbonyl (C=O) groups excluding carboxylic acids is 1. The summed E-state index contributed by atoms with van der Waals surface area (Å²) in [6.07, 6.45) is 2.01. The Morgan fingerprint density at radius 1 is 1.31 bits per heavy atom. The number of ketones is 1. The van der Waals surface area contributed by atoms with Gasteiger partial charge in [0.05, 0.1) is 6.61 Å². The van der Waals surface area contributed by atoms with Gasteiger partial charge in [-0.1, -0.05) is 6.07 Å². The highest BCUT2D eigenvalue weighted by molar-refractivity contribution is 5.95. The van der Waals surface area contributed by atoms with Gasteiger partial charge in [-0.05, 0) is 18.2 Å². The number of hydrogen-bond donors (Lipinski definition) is 0. The van der Waals surface area contributed by atoms with Crippen LogP contribution in [0.3, 0.4) is 0 Å². The summed E-state index contributed by atoms with van der Waals surface area (Å²) >= 11 is 0. The van der Waals surface area contributed by atoms with Crippen LogP contribution in [-0.4, -0.2) is 12.4 Å². The van der Waals surface area contributed by atoms with Crippen LogP contribution in [0.25, 0.3) is 0 Å². The number of allylic oxidation sites excluding steroid dienone is 1. The zero-order valence-corrected chi connectivity index (χ0v) is 8.50. The number of hydrogen-bond acceptors (Lipinski definition) is 2. The molecular weight excluding hydrogens is 214 g/mol. The molecule has 0 fully saturated rings. The first-order valence-corrected chi connectivity index (χ1v) is 4.97. The van der Waals surface area contributed by atoms with Crippen LogP contribution in [0.5, 0.6) is 0 Å². The predicted octanol–water partition coefficient (Wildman–Crippen LogP) is 2.38. The molecule has 0 aromatic heterocycles. The van der Waals surface area contributed by atoms with Gasteiger partial charge in [0, 0.05) is 18.4 Å². The van der Waals surface area contributed by atoms with Gasteiger partial charge < -0.3 is 4.74 Å². The van der Waals surface area contributed by atoms with Crippen LogP contribution in [0.15, 0.2) is 30.0 Å². The SMILES string of the molecule is O=C(Cc1c(F)cccc1F)C1=CCCO1. The first-order valence-electron chi connectivity index (χ1n) is 4.97. The van der Waals surface area contributed by atoms with Crippen molar-refractivity contribution >= 4 is 5.78 Å². The van der Waals surface area contributed by atoms with E-state index in [2.05, 4.69) is 0 Å². The number of halogens is 2. The van der Waals surface area contributed by atoms with Crippen molar-refractivity contribution in [2.75, 3.05) is 6.61 Å². The van der Waals surface area contributed by atoms with Gasteiger partial charge in [0.2, 0.25) is 5.78 Å². The maximum absolute atomic E-state index is 13.2. The Morgan fingerprint density at radius 3 is 2.56 bits per heavy atom. The minimum atomic E-state index is -0.702. The standard InChI is InChI=1S/C12H10F2O2/c13-9-3-1-4-10(14)8(9)7-11(15)12-5-2-6-16-12/h1,3-5H,2,6-7H2. The molecule has 0 saturated heterocycles. The Bertz CT molecular complexity index is 432. The van der Waals surface area contributed by atoms with E-state index in [9.17, 15) is 13.6 Å². The second-order valence-electron chi connectivity index (χ2n) is 3.51. The van der Waals surface area contributed by atoms with Crippen molar-refractivity contribution in [3.63, 3.8) is 0 Å². The highest BCUT2D eigenvalue weighted by Gasteiger charge is 2.19. The summed E-state index contributed by atoms with van der Waals surface area (Å²) < 4.78 is 31.5. The molecule has 1 aliphatic rings. The molecule has 1 heterocycles. The van der Waals surface area contributed by atoms with Crippen molar-refractivity contribution in [1.82, 2.24) is 0 Å². The van der Waals surface area contributed by atoms with Crippen LogP contribution in [-0.2, 0) is 16.0 Å². The summed E-state index contributed by atoms with van der Waals surface area (Å²) in [4.78, 5) is 11.6. The molecule has 1 aliphatic heterocycles. The lowest BCUT2D eigenvalue weighted by Crippen LogP contribution is -2.09. The van der Waals surface area contributed by atoms with Crippen molar-refractivity contribution in [2.45, 2.75) is 12.8 Å². The van der Waals surface area contributed by atoms with E-state index >= 15 is 0 Å². The number of benzene rings is 1. The monoisotopic (exact) mass is 224 g/mol. The molecule has 0 amide bonds. The van der Waals surface area contributed by atoms with Gasteiger partial charge in [-0.3, -0.25) is 4.79 Å². The lowest BCUT2D eigenvalue weighted by molar-refractivity contribution is -0.118. The summed E-state index contributed by atoms with van der Waals surface area (Å²) in [5.74, 6) is -1.58. The van der Waals surface area contributed by atoms with Gasteiger partial charge in [0.1, 0.15) is 11.6 Å². The molecule has 16 heavy (non-hydrogen) atoms. The average molecular weight is 224 g/mol. The van der Waals surface area contributed by atoms with Crippen molar-refractivity contribution in [3.05, 3.63) is 47.2 Å². The van der Waals surface area contributed by atoms with E-state index < -0.39 is 11.6 Å². The summed E-state index contributed by atoms with van der Waals surface area (Å²) in [6.45, 7) is 0.459. The molecule has 0 unspecified atom stereocenters. The van der Waals surface area contributed by atoms with Crippen LogP contribution < -0.4 is 0 Å². The molecule has 0 aliphatic carbocycles. The molecule has 0 atom stereocenters. The third kappa shape index (κ3) is 2.10. The maximum Gasteiger partial charge on any atom is 0.201 e. The van der Waals surface area contributed by atoms with E-state index in [-0.39, 0.29) is 23.5 Å². The number of carbonyl (C=O) groups is 1. The fourth-order valence-corrected chi connectivity index (χ4v) is 1.56. The second kappa shape index (κ2) is 4.43. The van der Waals surface area contributed by atoms with E-state index in [4.69, 9.17) is 4.74 Å². The van der Waals surface area contributed by atoms with Crippen molar-refractivity contribution in [3.8, 4) is 0 Å². The van der Waals surface area contributed by atoms with E-state index in [1.165, 1.54) is 6.07 Å². The topological polar surface area (TPSA) is 26.3 Å². The van der Waals surface area contributed by atoms with Crippen LogP contribution >= 0.6 is 0 Å².